The molecular weight excluding hydrogens is 264 g/mol. The van der Waals surface area contributed by atoms with Crippen LogP contribution in [0.15, 0.2) is 41.0 Å². The van der Waals surface area contributed by atoms with E-state index in [0.717, 1.165) is 43.7 Å². The summed E-state index contributed by atoms with van der Waals surface area (Å²) in [5, 5.41) is 0. The van der Waals surface area contributed by atoms with Crippen LogP contribution in [0, 0.1) is 12.8 Å². The Bertz CT molecular complexity index is 606. The Morgan fingerprint density at radius 3 is 2.90 bits per heavy atom. The summed E-state index contributed by atoms with van der Waals surface area (Å²) in [7, 11) is 0. The Kier molecular flexibility index (Phi) is 4.15. The Morgan fingerprint density at radius 1 is 1.38 bits per heavy atom. The van der Waals surface area contributed by atoms with E-state index < -0.39 is 0 Å². The average Bonchev–Trinajstić information content (AvgIpc) is 2.93. The van der Waals surface area contributed by atoms with E-state index in [9.17, 15) is 4.79 Å². The van der Waals surface area contributed by atoms with Crippen molar-refractivity contribution in [3.05, 3.63) is 53.7 Å². The summed E-state index contributed by atoms with van der Waals surface area (Å²) in [4.78, 5) is 19.2. The standard InChI is InChI=1S/C17H20N2O2/c1-13-18-16(12-21-13)11-19-9-5-8-15(10-19)17(20)14-6-3-2-4-7-14/h2-4,6-7,12,15H,5,8-11H2,1H3/t15-/m1/s1. The van der Waals surface area contributed by atoms with Crippen LogP contribution < -0.4 is 0 Å². The third-order valence-corrected chi connectivity index (χ3v) is 3.99. The third kappa shape index (κ3) is 3.39. The minimum absolute atomic E-state index is 0.0918. The number of piperidine rings is 1. The first-order valence-corrected chi connectivity index (χ1v) is 7.45. The van der Waals surface area contributed by atoms with Gasteiger partial charge in [-0.25, -0.2) is 4.98 Å². The van der Waals surface area contributed by atoms with Crippen molar-refractivity contribution in [2.24, 2.45) is 5.92 Å². The first-order valence-electron chi connectivity index (χ1n) is 7.45. The van der Waals surface area contributed by atoms with Gasteiger partial charge in [0.05, 0.1) is 5.69 Å². The van der Waals surface area contributed by atoms with Gasteiger partial charge in [0.15, 0.2) is 11.7 Å². The number of benzene rings is 1. The van der Waals surface area contributed by atoms with Crippen molar-refractivity contribution in [2.45, 2.75) is 26.3 Å². The van der Waals surface area contributed by atoms with E-state index in [1.807, 2.05) is 37.3 Å². The lowest BCUT2D eigenvalue weighted by Crippen LogP contribution is -2.38. The minimum Gasteiger partial charge on any atom is -0.449 e. The molecule has 0 saturated carbocycles. The van der Waals surface area contributed by atoms with Gasteiger partial charge < -0.3 is 4.42 Å². The molecule has 1 aliphatic rings. The van der Waals surface area contributed by atoms with Crippen LogP contribution in [0.2, 0.25) is 0 Å². The Hall–Kier alpha value is -1.94. The predicted octanol–water partition coefficient (Wildman–Crippen LogP) is 3.08. The number of aryl methyl sites for hydroxylation is 1. The lowest BCUT2D eigenvalue weighted by molar-refractivity contribution is 0.0810. The van der Waals surface area contributed by atoms with Gasteiger partial charge in [0.2, 0.25) is 0 Å². The number of hydrogen-bond donors (Lipinski definition) is 0. The molecule has 0 amide bonds. The zero-order valence-electron chi connectivity index (χ0n) is 12.3. The van der Waals surface area contributed by atoms with Crippen molar-refractivity contribution in [1.29, 1.82) is 0 Å². The summed E-state index contributed by atoms with van der Waals surface area (Å²) in [5.74, 6) is 1.05. The van der Waals surface area contributed by atoms with Gasteiger partial charge in [-0.05, 0) is 19.4 Å². The molecule has 2 heterocycles. The second-order valence-corrected chi connectivity index (χ2v) is 5.66. The van der Waals surface area contributed by atoms with Crippen LogP contribution in [0.1, 0.15) is 34.8 Å². The smallest absolute Gasteiger partial charge is 0.191 e. The molecule has 1 aromatic heterocycles. The number of hydrogen-bond acceptors (Lipinski definition) is 4. The fraction of sp³-hybridized carbons (Fsp3) is 0.412. The molecule has 3 rings (SSSR count). The maximum atomic E-state index is 12.5. The predicted molar refractivity (Wildman–Crippen MR) is 80.0 cm³/mol. The number of ketones is 1. The fourth-order valence-corrected chi connectivity index (χ4v) is 2.96. The molecule has 21 heavy (non-hydrogen) atoms. The van der Waals surface area contributed by atoms with Crippen molar-refractivity contribution < 1.29 is 9.21 Å². The van der Waals surface area contributed by atoms with Gasteiger partial charge in [0.25, 0.3) is 0 Å². The van der Waals surface area contributed by atoms with Gasteiger partial charge in [0.1, 0.15) is 6.26 Å². The molecule has 0 bridgehead atoms. The molecular formula is C17H20N2O2. The highest BCUT2D eigenvalue weighted by atomic mass is 16.3. The van der Waals surface area contributed by atoms with Gasteiger partial charge in [-0.3, -0.25) is 9.69 Å². The van der Waals surface area contributed by atoms with Crippen LogP contribution in [0.25, 0.3) is 0 Å². The molecule has 0 spiro atoms. The zero-order valence-corrected chi connectivity index (χ0v) is 12.3. The van der Waals surface area contributed by atoms with Gasteiger partial charge in [-0.2, -0.15) is 0 Å². The Balaban J connectivity index is 1.64. The monoisotopic (exact) mass is 284 g/mol. The summed E-state index contributed by atoms with van der Waals surface area (Å²) in [5.41, 5.74) is 1.77. The van der Waals surface area contributed by atoms with Gasteiger partial charge in [0, 0.05) is 31.5 Å². The highest BCUT2D eigenvalue weighted by molar-refractivity contribution is 5.98. The van der Waals surface area contributed by atoms with Crippen LogP contribution >= 0.6 is 0 Å². The van der Waals surface area contributed by atoms with Gasteiger partial charge in [-0.1, -0.05) is 30.3 Å². The number of aromatic nitrogens is 1. The van der Waals surface area contributed by atoms with Crippen molar-refractivity contribution in [1.82, 2.24) is 9.88 Å². The van der Waals surface area contributed by atoms with E-state index in [1.165, 1.54) is 0 Å². The van der Waals surface area contributed by atoms with Crippen LogP contribution in [-0.4, -0.2) is 28.8 Å². The van der Waals surface area contributed by atoms with E-state index in [1.54, 1.807) is 6.26 Å². The first-order chi connectivity index (χ1) is 10.2. The van der Waals surface area contributed by atoms with Crippen molar-refractivity contribution in [3.63, 3.8) is 0 Å². The number of carbonyl (C=O) groups excluding carboxylic acids is 1. The Morgan fingerprint density at radius 2 is 2.19 bits per heavy atom. The van der Waals surface area contributed by atoms with Crippen molar-refractivity contribution in [3.8, 4) is 0 Å². The largest absolute Gasteiger partial charge is 0.449 e. The van der Waals surface area contributed by atoms with Crippen LogP contribution in [0.5, 0.6) is 0 Å². The lowest BCUT2D eigenvalue weighted by Gasteiger charge is -2.31. The molecule has 2 aromatic rings. The van der Waals surface area contributed by atoms with Crippen molar-refractivity contribution in [2.75, 3.05) is 13.1 Å². The Labute approximate surface area is 124 Å². The third-order valence-electron chi connectivity index (χ3n) is 3.99. The SMILES string of the molecule is Cc1nc(CN2CCC[C@@H](C(=O)c3ccccc3)C2)co1. The number of rotatable bonds is 4. The number of carbonyl (C=O) groups is 1. The molecule has 1 atom stereocenters. The number of Topliss-reactive ketones (excluding diaryl/α,β-unsaturated/α-hetero) is 1. The summed E-state index contributed by atoms with van der Waals surface area (Å²) in [6.07, 6.45) is 3.74. The van der Waals surface area contributed by atoms with E-state index in [4.69, 9.17) is 4.42 Å². The molecule has 1 aromatic carbocycles. The summed E-state index contributed by atoms with van der Waals surface area (Å²) < 4.78 is 5.24. The van der Waals surface area contributed by atoms with Gasteiger partial charge in [-0.15, -0.1) is 0 Å². The quantitative estimate of drug-likeness (QED) is 0.809. The van der Waals surface area contributed by atoms with Crippen LogP contribution in [0.4, 0.5) is 0 Å². The highest BCUT2D eigenvalue weighted by Gasteiger charge is 2.26. The van der Waals surface area contributed by atoms with E-state index >= 15 is 0 Å². The molecule has 1 saturated heterocycles. The number of nitrogens with zero attached hydrogens (tertiary/aromatic N) is 2. The molecule has 0 radical (unpaired) electrons. The molecule has 110 valence electrons. The summed E-state index contributed by atoms with van der Waals surface area (Å²) in [6.45, 7) is 4.43. The lowest BCUT2D eigenvalue weighted by atomic mass is 9.90. The maximum absolute atomic E-state index is 12.5. The molecule has 0 unspecified atom stereocenters. The fourth-order valence-electron chi connectivity index (χ4n) is 2.96. The molecule has 0 aliphatic carbocycles. The number of oxazole rings is 1. The normalized spacial score (nSPS) is 19.6. The summed E-state index contributed by atoms with van der Waals surface area (Å²) in [6, 6.07) is 9.60. The van der Waals surface area contributed by atoms with Crippen LogP contribution in [-0.2, 0) is 6.54 Å². The molecule has 4 nitrogen and oxygen atoms in total. The average molecular weight is 284 g/mol. The van der Waals surface area contributed by atoms with Crippen LogP contribution in [0.3, 0.4) is 0 Å². The molecule has 4 heteroatoms. The minimum atomic E-state index is 0.0918. The van der Waals surface area contributed by atoms with Crippen molar-refractivity contribution >= 4 is 5.78 Å². The second kappa shape index (κ2) is 6.22. The van der Waals surface area contributed by atoms with E-state index in [0.29, 0.717) is 5.89 Å². The maximum Gasteiger partial charge on any atom is 0.191 e. The first kappa shape index (κ1) is 14.0. The number of likely N-dealkylation sites (tertiary alicyclic amines) is 1. The second-order valence-electron chi connectivity index (χ2n) is 5.66. The molecule has 0 N–H and O–H groups in total. The topological polar surface area (TPSA) is 46.3 Å². The van der Waals surface area contributed by atoms with E-state index in [-0.39, 0.29) is 11.7 Å². The summed E-state index contributed by atoms with van der Waals surface area (Å²) >= 11 is 0. The highest BCUT2D eigenvalue weighted by Crippen LogP contribution is 2.22. The molecule has 1 aliphatic heterocycles. The zero-order chi connectivity index (χ0) is 14.7. The molecule has 1 fully saturated rings. The van der Waals surface area contributed by atoms with Gasteiger partial charge >= 0.3 is 0 Å². The van der Waals surface area contributed by atoms with E-state index in [2.05, 4.69) is 9.88 Å².